The standard InChI is InChI=1S/C13H16BrNO5/c1-13(2,3)15-8(16)6-20-11(12(17)18)9(15)10-7(14)4-5-19-10/h4-5,9,11H,6H2,1-3H3,(H,17,18). The summed E-state index contributed by atoms with van der Waals surface area (Å²) in [4.78, 5) is 25.1. The van der Waals surface area contributed by atoms with E-state index in [1.807, 2.05) is 20.8 Å². The second-order valence-electron chi connectivity index (χ2n) is 5.58. The molecule has 0 saturated carbocycles. The largest absolute Gasteiger partial charge is 0.479 e. The summed E-state index contributed by atoms with van der Waals surface area (Å²) < 4.78 is 11.2. The van der Waals surface area contributed by atoms with Crippen molar-refractivity contribution in [3.63, 3.8) is 0 Å². The third-order valence-electron chi connectivity index (χ3n) is 3.10. The van der Waals surface area contributed by atoms with Crippen LogP contribution in [0, 0.1) is 0 Å². The first-order chi connectivity index (χ1) is 9.23. The summed E-state index contributed by atoms with van der Waals surface area (Å²) in [6.07, 6.45) is 0.285. The second-order valence-corrected chi connectivity index (χ2v) is 6.44. The number of carbonyl (C=O) groups excluding carboxylic acids is 1. The lowest BCUT2D eigenvalue weighted by molar-refractivity contribution is -0.181. The van der Waals surface area contributed by atoms with Gasteiger partial charge in [-0.2, -0.15) is 0 Å². The minimum Gasteiger partial charge on any atom is -0.479 e. The number of amides is 1. The molecular formula is C13H16BrNO5. The van der Waals surface area contributed by atoms with Gasteiger partial charge in [0.15, 0.2) is 6.10 Å². The molecule has 0 bridgehead atoms. The first kappa shape index (κ1) is 15.1. The molecule has 1 fully saturated rings. The Hall–Kier alpha value is -1.34. The van der Waals surface area contributed by atoms with Crippen LogP contribution < -0.4 is 0 Å². The minimum atomic E-state index is -1.16. The molecular weight excluding hydrogens is 330 g/mol. The number of hydrogen-bond donors (Lipinski definition) is 1. The van der Waals surface area contributed by atoms with Crippen LogP contribution in [0.2, 0.25) is 0 Å². The first-order valence-corrected chi connectivity index (χ1v) is 6.92. The third-order valence-corrected chi connectivity index (χ3v) is 3.75. The van der Waals surface area contributed by atoms with Crippen LogP contribution in [0.5, 0.6) is 0 Å². The molecule has 7 heteroatoms. The Labute approximate surface area is 124 Å². The highest BCUT2D eigenvalue weighted by Gasteiger charge is 2.48. The number of aliphatic carboxylic acids is 1. The molecule has 2 atom stereocenters. The van der Waals surface area contributed by atoms with Crippen LogP contribution >= 0.6 is 15.9 Å². The van der Waals surface area contributed by atoms with Crippen LogP contribution in [0.4, 0.5) is 0 Å². The van der Waals surface area contributed by atoms with E-state index in [-0.39, 0.29) is 12.5 Å². The highest BCUT2D eigenvalue weighted by atomic mass is 79.9. The van der Waals surface area contributed by atoms with Crippen LogP contribution in [0.25, 0.3) is 0 Å². The van der Waals surface area contributed by atoms with Crippen LogP contribution in [-0.2, 0) is 14.3 Å². The summed E-state index contributed by atoms with van der Waals surface area (Å²) in [5, 5.41) is 9.35. The SMILES string of the molecule is CC(C)(C)N1C(=O)COC(C(=O)O)C1c1occc1Br. The Morgan fingerprint density at radius 2 is 2.15 bits per heavy atom. The fraction of sp³-hybridized carbons (Fsp3) is 0.538. The topological polar surface area (TPSA) is 80.0 Å². The van der Waals surface area contributed by atoms with Gasteiger partial charge in [-0.1, -0.05) is 0 Å². The molecule has 1 N–H and O–H groups in total. The first-order valence-electron chi connectivity index (χ1n) is 6.13. The monoisotopic (exact) mass is 345 g/mol. The maximum absolute atomic E-state index is 12.2. The maximum Gasteiger partial charge on any atom is 0.335 e. The number of ether oxygens (including phenoxy) is 1. The smallest absolute Gasteiger partial charge is 0.335 e. The highest BCUT2D eigenvalue weighted by molar-refractivity contribution is 9.10. The molecule has 110 valence electrons. The molecule has 1 saturated heterocycles. The van der Waals surface area contributed by atoms with Crippen molar-refractivity contribution < 1.29 is 23.8 Å². The van der Waals surface area contributed by atoms with E-state index in [1.165, 1.54) is 11.2 Å². The quantitative estimate of drug-likeness (QED) is 0.888. The molecule has 2 rings (SSSR count). The molecule has 1 aliphatic rings. The van der Waals surface area contributed by atoms with E-state index in [9.17, 15) is 14.7 Å². The number of halogens is 1. The van der Waals surface area contributed by atoms with Gasteiger partial charge >= 0.3 is 5.97 Å². The van der Waals surface area contributed by atoms with Gasteiger partial charge in [-0.05, 0) is 42.8 Å². The van der Waals surface area contributed by atoms with Gasteiger partial charge in [0.2, 0.25) is 5.91 Å². The number of carboxylic acid groups (broad SMARTS) is 1. The predicted molar refractivity (Wildman–Crippen MR) is 73.1 cm³/mol. The van der Waals surface area contributed by atoms with Crippen molar-refractivity contribution in [3.05, 3.63) is 22.6 Å². The zero-order valence-electron chi connectivity index (χ0n) is 11.4. The van der Waals surface area contributed by atoms with E-state index >= 15 is 0 Å². The van der Waals surface area contributed by atoms with Gasteiger partial charge in [-0.15, -0.1) is 0 Å². The van der Waals surface area contributed by atoms with Crippen molar-refractivity contribution in [2.24, 2.45) is 0 Å². The predicted octanol–water partition coefficient (Wildman–Crippen LogP) is 2.19. The zero-order chi connectivity index (χ0) is 15.1. The summed E-state index contributed by atoms with van der Waals surface area (Å²) in [5.41, 5.74) is -0.550. The van der Waals surface area contributed by atoms with Crippen LogP contribution in [0.3, 0.4) is 0 Å². The number of carboxylic acids is 1. The number of rotatable bonds is 2. The van der Waals surface area contributed by atoms with Gasteiger partial charge < -0.3 is 19.2 Å². The maximum atomic E-state index is 12.2. The molecule has 1 aromatic heterocycles. The summed E-state index contributed by atoms with van der Waals surface area (Å²) in [7, 11) is 0. The second kappa shape index (κ2) is 5.21. The van der Waals surface area contributed by atoms with E-state index in [4.69, 9.17) is 9.15 Å². The molecule has 0 aromatic carbocycles. The van der Waals surface area contributed by atoms with Crippen molar-refractivity contribution in [2.45, 2.75) is 38.5 Å². The van der Waals surface area contributed by atoms with Crippen molar-refractivity contribution >= 4 is 27.8 Å². The van der Waals surface area contributed by atoms with Crippen LogP contribution in [0.15, 0.2) is 21.2 Å². The summed E-state index contributed by atoms with van der Waals surface area (Å²) >= 11 is 3.31. The molecule has 20 heavy (non-hydrogen) atoms. The highest BCUT2D eigenvalue weighted by Crippen LogP contribution is 2.39. The lowest BCUT2D eigenvalue weighted by Crippen LogP contribution is -2.58. The van der Waals surface area contributed by atoms with Gasteiger partial charge in [-0.25, -0.2) is 4.79 Å². The Bertz CT molecular complexity index is 533. The number of hydrogen-bond acceptors (Lipinski definition) is 4. The van der Waals surface area contributed by atoms with E-state index in [0.717, 1.165) is 0 Å². The Morgan fingerprint density at radius 3 is 2.60 bits per heavy atom. The Morgan fingerprint density at radius 1 is 1.50 bits per heavy atom. The summed E-state index contributed by atoms with van der Waals surface area (Å²) in [6, 6.07) is 0.854. The molecule has 1 aromatic rings. The lowest BCUT2D eigenvalue weighted by Gasteiger charge is -2.45. The van der Waals surface area contributed by atoms with E-state index in [2.05, 4.69) is 15.9 Å². The summed E-state index contributed by atoms with van der Waals surface area (Å²) in [6.45, 7) is 5.29. The van der Waals surface area contributed by atoms with Gasteiger partial charge in [0.05, 0.1) is 10.7 Å². The van der Waals surface area contributed by atoms with Crippen molar-refractivity contribution in [1.29, 1.82) is 0 Å². The molecule has 2 unspecified atom stereocenters. The van der Waals surface area contributed by atoms with E-state index in [0.29, 0.717) is 10.2 Å². The number of carbonyl (C=O) groups is 2. The molecule has 0 radical (unpaired) electrons. The van der Waals surface area contributed by atoms with Gasteiger partial charge in [0, 0.05) is 5.54 Å². The van der Waals surface area contributed by atoms with Crippen molar-refractivity contribution in [2.75, 3.05) is 6.61 Å². The van der Waals surface area contributed by atoms with Crippen LogP contribution in [-0.4, -0.2) is 40.1 Å². The third kappa shape index (κ3) is 2.60. The molecule has 0 aliphatic carbocycles. The van der Waals surface area contributed by atoms with E-state index < -0.39 is 23.7 Å². The minimum absolute atomic E-state index is 0.247. The fourth-order valence-corrected chi connectivity index (χ4v) is 2.82. The Balaban J connectivity index is 2.53. The molecule has 1 aliphatic heterocycles. The average Bonchev–Trinajstić information content (AvgIpc) is 2.72. The molecule has 6 nitrogen and oxygen atoms in total. The number of furan rings is 1. The fourth-order valence-electron chi connectivity index (χ4n) is 2.38. The van der Waals surface area contributed by atoms with Gasteiger partial charge in [-0.3, -0.25) is 4.79 Å². The molecule has 1 amide bonds. The van der Waals surface area contributed by atoms with Gasteiger partial charge in [0.25, 0.3) is 0 Å². The van der Waals surface area contributed by atoms with E-state index in [1.54, 1.807) is 6.07 Å². The molecule has 0 spiro atoms. The zero-order valence-corrected chi connectivity index (χ0v) is 13.0. The summed E-state index contributed by atoms with van der Waals surface area (Å²) in [5.74, 6) is -1.01. The number of morpholine rings is 1. The Kier molecular flexibility index (Phi) is 3.93. The average molecular weight is 346 g/mol. The van der Waals surface area contributed by atoms with Crippen molar-refractivity contribution in [3.8, 4) is 0 Å². The normalized spacial score (nSPS) is 24.0. The van der Waals surface area contributed by atoms with Crippen LogP contribution in [0.1, 0.15) is 32.6 Å². The lowest BCUT2D eigenvalue weighted by atomic mass is 9.96. The molecule has 2 heterocycles. The van der Waals surface area contributed by atoms with Crippen molar-refractivity contribution in [1.82, 2.24) is 4.90 Å². The number of nitrogens with zero attached hydrogens (tertiary/aromatic N) is 1. The van der Waals surface area contributed by atoms with Gasteiger partial charge in [0.1, 0.15) is 18.4 Å².